The van der Waals surface area contributed by atoms with Gasteiger partial charge in [0, 0.05) is 18.7 Å². The molecule has 6 nitrogen and oxygen atoms in total. The maximum absolute atomic E-state index is 12.7. The van der Waals surface area contributed by atoms with E-state index in [4.69, 9.17) is 9.15 Å². The van der Waals surface area contributed by atoms with Crippen LogP contribution in [0, 0.1) is 5.92 Å². The number of benzene rings is 2. The number of ether oxygens (including phenoxy) is 1. The van der Waals surface area contributed by atoms with Gasteiger partial charge in [-0.3, -0.25) is 4.79 Å². The van der Waals surface area contributed by atoms with Gasteiger partial charge in [-0.1, -0.05) is 30.3 Å². The van der Waals surface area contributed by atoms with Crippen LogP contribution in [0.4, 0.5) is 0 Å². The number of hydrogen-bond donors (Lipinski definition) is 0. The SMILES string of the molecule is COc1ccc(-c2nnc(C(=O)N3CCC(Cc4ccccc4)CC3)o2)cc1. The van der Waals surface area contributed by atoms with E-state index in [2.05, 4.69) is 34.5 Å². The van der Waals surface area contributed by atoms with Gasteiger partial charge in [-0.25, -0.2) is 0 Å². The van der Waals surface area contributed by atoms with Crippen LogP contribution in [-0.4, -0.2) is 41.2 Å². The van der Waals surface area contributed by atoms with Gasteiger partial charge in [0.2, 0.25) is 5.89 Å². The Labute approximate surface area is 164 Å². The number of rotatable bonds is 5. The predicted molar refractivity (Wildman–Crippen MR) is 105 cm³/mol. The minimum atomic E-state index is -0.189. The summed E-state index contributed by atoms with van der Waals surface area (Å²) < 4.78 is 10.8. The highest BCUT2D eigenvalue weighted by Gasteiger charge is 2.27. The van der Waals surface area contributed by atoms with Crippen LogP contribution in [0.15, 0.2) is 59.0 Å². The van der Waals surface area contributed by atoms with Crippen LogP contribution in [0.2, 0.25) is 0 Å². The molecule has 2 heterocycles. The number of nitrogens with zero attached hydrogens (tertiary/aromatic N) is 3. The van der Waals surface area contributed by atoms with E-state index in [1.54, 1.807) is 7.11 Å². The third-order valence-corrected chi connectivity index (χ3v) is 5.21. The summed E-state index contributed by atoms with van der Waals surface area (Å²) >= 11 is 0. The Kier molecular flexibility index (Phi) is 5.37. The van der Waals surface area contributed by atoms with Crippen molar-refractivity contribution in [1.29, 1.82) is 0 Å². The topological polar surface area (TPSA) is 68.5 Å². The van der Waals surface area contributed by atoms with Gasteiger partial charge in [0.1, 0.15) is 5.75 Å². The second kappa shape index (κ2) is 8.25. The zero-order chi connectivity index (χ0) is 19.3. The molecule has 6 heteroatoms. The van der Waals surface area contributed by atoms with E-state index in [1.165, 1.54) is 5.56 Å². The first kappa shape index (κ1) is 18.2. The van der Waals surface area contributed by atoms with Gasteiger partial charge in [-0.05, 0) is 55.0 Å². The number of hydrogen-bond acceptors (Lipinski definition) is 5. The Morgan fingerprint density at radius 1 is 1.07 bits per heavy atom. The zero-order valence-corrected chi connectivity index (χ0v) is 15.9. The summed E-state index contributed by atoms with van der Waals surface area (Å²) in [6, 6.07) is 17.8. The summed E-state index contributed by atoms with van der Waals surface area (Å²) in [4.78, 5) is 14.5. The van der Waals surface area contributed by atoms with Gasteiger partial charge in [0.25, 0.3) is 0 Å². The van der Waals surface area contributed by atoms with Crippen LogP contribution in [0.25, 0.3) is 11.5 Å². The molecule has 0 unspecified atom stereocenters. The molecule has 1 aliphatic heterocycles. The van der Waals surface area contributed by atoms with Crippen molar-refractivity contribution in [2.24, 2.45) is 5.92 Å². The second-order valence-electron chi connectivity index (χ2n) is 7.07. The van der Waals surface area contributed by atoms with Gasteiger partial charge in [-0.15, -0.1) is 10.2 Å². The summed E-state index contributed by atoms with van der Waals surface area (Å²) in [5, 5.41) is 7.98. The number of aromatic nitrogens is 2. The van der Waals surface area contributed by atoms with Crippen molar-refractivity contribution in [3.63, 3.8) is 0 Å². The summed E-state index contributed by atoms with van der Waals surface area (Å²) in [7, 11) is 1.61. The normalized spacial score (nSPS) is 14.8. The monoisotopic (exact) mass is 377 g/mol. The lowest BCUT2D eigenvalue weighted by atomic mass is 9.90. The van der Waals surface area contributed by atoms with E-state index in [1.807, 2.05) is 35.2 Å². The van der Waals surface area contributed by atoms with Gasteiger partial charge in [0.15, 0.2) is 0 Å². The van der Waals surface area contributed by atoms with E-state index >= 15 is 0 Å². The Bertz CT molecular complexity index is 914. The first-order valence-corrected chi connectivity index (χ1v) is 9.54. The number of carbonyl (C=O) groups excluding carboxylic acids is 1. The van der Waals surface area contributed by atoms with Crippen molar-refractivity contribution in [2.75, 3.05) is 20.2 Å². The molecule has 0 N–H and O–H groups in total. The highest BCUT2D eigenvalue weighted by Crippen LogP contribution is 2.24. The maximum Gasteiger partial charge on any atom is 0.311 e. The van der Waals surface area contributed by atoms with Crippen molar-refractivity contribution in [2.45, 2.75) is 19.3 Å². The minimum absolute atomic E-state index is 0.0485. The fourth-order valence-electron chi connectivity index (χ4n) is 3.58. The summed E-state index contributed by atoms with van der Waals surface area (Å²) in [5.41, 5.74) is 2.11. The molecule has 2 aromatic carbocycles. The van der Waals surface area contributed by atoms with Gasteiger partial charge in [-0.2, -0.15) is 0 Å². The average molecular weight is 377 g/mol. The number of piperidine rings is 1. The zero-order valence-electron chi connectivity index (χ0n) is 15.9. The molecule has 1 aromatic heterocycles. The van der Waals surface area contributed by atoms with Crippen LogP contribution >= 0.6 is 0 Å². The molecule has 0 atom stereocenters. The largest absolute Gasteiger partial charge is 0.497 e. The second-order valence-corrected chi connectivity index (χ2v) is 7.07. The molecule has 3 aromatic rings. The summed E-state index contributed by atoms with van der Waals surface area (Å²) in [6.07, 6.45) is 3.03. The lowest BCUT2D eigenvalue weighted by Gasteiger charge is -2.31. The Balaban J connectivity index is 1.36. The molecule has 1 fully saturated rings. The van der Waals surface area contributed by atoms with Crippen LogP contribution in [-0.2, 0) is 6.42 Å². The fourth-order valence-corrected chi connectivity index (χ4v) is 3.58. The molecule has 144 valence electrons. The van der Waals surface area contributed by atoms with Crippen LogP contribution in [0.3, 0.4) is 0 Å². The van der Waals surface area contributed by atoms with E-state index in [0.717, 1.165) is 43.7 Å². The molecule has 0 aliphatic carbocycles. The first-order valence-electron chi connectivity index (χ1n) is 9.54. The van der Waals surface area contributed by atoms with Crippen molar-refractivity contribution >= 4 is 5.91 Å². The number of carbonyl (C=O) groups is 1. The lowest BCUT2D eigenvalue weighted by molar-refractivity contribution is 0.0651. The maximum atomic E-state index is 12.7. The fraction of sp³-hybridized carbons (Fsp3) is 0.318. The third kappa shape index (κ3) is 4.06. The van der Waals surface area contributed by atoms with Gasteiger partial charge < -0.3 is 14.1 Å². The molecule has 0 saturated carbocycles. The number of amides is 1. The van der Waals surface area contributed by atoms with E-state index in [0.29, 0.717) is 11.8 Å². The predicted octanol–water partition coefficient (Wildman–Crippen LogP) is 3.84. The van der Waals surface area contributed by atoms with Crippen LogP contribution in [0.5, 0.6) is 5.75 Å². The average Bonchev–Trinajstić information content (AvgIpc) is 3.25. The molecule has 28 heavy (non-hydrogen) atoms. The van der Waals surface area contributed by atoms with E-state index in [9.17, 15) is 4.79 Å². The van der Waals surface area contributed by atoms with Crippen LogP contribution < -0.4 is 4.74 Å². The number of methoxy groups -OCH3 is 1. The van der Waals surface area contributed by atoms with Crippen molar-refractivity contribution in [3.05, 3.63) is 66.1 Å². The van der Waals surface area contributed by atoms with Gasteiger partial charge in [0.05, 0.1) is 7.11 Å². The quantitative estimate of drug-likeness (QED) is 0.676. The molecule has 0 bridgehead atoms. The third-order valence-electron chi connectivity index (χ3n) is 5.21. The van der Waals surface area contributed by atoms with Crippen molar-refractivity contribution in [3.8, 4) is 17.2 Å². The summed E-state index contributed by atoms with van der Waals surface area (Å²) in [6.45, 7) is 1.44. The Hall–Kier alpha value is -3.15. The molecule has 1 saturated heterocycles. The molecular weight excluding hydrogens is 354 g/mol. The Morgan fingerprint density at radius 3 is 2.46 bits per heavy atom. The molecule has 1 amide bonds. The Morgan fingerprint density at radius 2 is 1.79 bits per heavy atom. The smallest absolute Gasteiger partial charge is 0.311 e. The number of likely N-dealkylation sites (tertiary alicyclic amines) is 1. The van der Waals surface area contributed by atoms with E-state index in [-0.39, 0.29) is 11.8 Å². The lowest BCUT2D eigenvalue weighted by Crippen LogP contribution is -2.39. The standard InChI is InChI=1S/C22H23N3O3/c1-27-19-9-7-18(8-10-19)20-23-24-21(28-20)22(26)25-13-11-17(12-14-25)15-16-5-3-2-4-6-16/h2-10,17H,11-15H2,1H3. The van der Waals surface area contributed by atoms with Crippen molar-refractivity contribution < 1.29 is 13.9 Å². The van der Waals surface area contributed by atoms with Gasteiger partial charge >= 0.3 is 11.8 Å². The molecule has 1 aliphatic rings. The molecular formula is C22H23N3O3. The molecule has 4 rings (SSSR count). The first-order chi connectivity index (χ1) is 13.7. The van der Waals surface area contributed by atoms with Crippen LogP contribution in [0.1, 0.15) is 29.1 Å². The highest BCUT2D eigenvalue weighted by molar-refractivity contribution is 5.89. The molecule has 0 radical (unpaired) electrons. The summed E-state index contributed by atoms with van der Waals surface area (Å²) in [5.74, 6) is 1.55. The van der Waals surface area contributed by atoms with E-state index < -0.39 is 0 Å². The highest BCUT2D eigenvalue weighted by atomic mass is 16.5. The molecule has 0 spiro atoms. The minimum Gasteiger partial charge on any atom is -0.497 e. The van der Waals surface area contributed by atoms with Crippen molar-refractivity contribution in [1.82, 2.24) is 15.1 Å².